The molecule has 0 aliphatic carbocycles. The Balaban J connectivity index is 2.00. The van der Waals surface area contributed by atoms with Crippen LogP contribution < -0.4 is 0 Å². The molecule has 0 saturated heterocycles. The van der Waals surface area contributed by atoms with Gasteiger partial charge in [-0.2, -0.15) is 0 Å². The number of carbonyl (C=O) groups is 1. The summed E-state index contributed by atoms with van der Waals surface area (Å²) >= 11 is 0. The lowest BCUT2D eigenvalue weighted by atomic mass is 10.00. The fourth-order valence-electron chi connectivity index (χ4n) is 2.34. The molecule has 1 aromatic rings. The van der Waals surface area contributed by atoms with E-state index in [1.54, 1.807) is 12.1 Å². The van der Waals surface area contributed by atoms with E-state index in [0.29, 0.717) is 17.9 Å². The summed E-state index contributed by atoms with van der Waals surface area (Å²) in [5.41, 5.74) is 2.37. The van der Waals surface area contributed by atoms with Crippen molar-refractivity contribution in [3.05, 3.63) is 53.7 Å². The Labute approximate surface area is 124 Å². The van der Waals surface area contributed by atoms with Gasteiger partial charge in [0.25, 0.3) is 0 Å². The molecule has 2 aliphatic rings. The zero-order valence-electron chi connectivity index (χ0n) is 11.6. The normalized spacial score (nSPS) is 21.2. The number of ketones is 1. The molecule has 0 radical (unpaired) electrons. The fourth-order valence-corrected chi connectivity index (χ4v) is 3.35. The van der Waals surface area contributed by atoms with Crippen LogP contribution in [-0.4, -0.2) is 37.9 Å². The van der Waals surface area contributed by atoms with Crippen molar-refractivity contribution in [3.63, 3.8) is 0 Å². The highest BCUT2D eigenvalue weighted by Gasteiger charge is 2.27. The van der Waals surface area contributed by atoms with Gasteiger partial charge >= 0.3 is 0 Å². The highest BCUT2D eigenvalue weighted by molar-refractivity contribution is 8.23. The zero-order valence-corrected chi connectivity index (χ0v) is 12.4. The summed E-state index contributed by atoms with van der Waals surface area (Å²) in [4.78, 5) is 13.2. The number of benzene rings is 1. The topological polar surface area (TPSA) is 73.1 Å². The third-order valence-corrected chi connectivity index (χ3v) is 4.68. The minimum absolute atomic E-state index is 0.0184. The first-order valence-electron chi connectivity index (χ1n) is 6.59. The molecule has 6 heteroatoms. The molecule has 2 aliphatic heterocycles. The van der Waals surface area contributed by atoms with Gasteiger partial charge in [-0.3, -0.25) is 13.9 Å². The average Bonchev–Trinajstić information content (AvgIpc) is 2.46. The van der Waals surface area contributed by atoms with E-state index in [2.05, 4.69) is 4.40 Å². The molecule has 5 nitrogen and oxygen atoms in total. The molecule has 110 valence electrons. The van der Waals surface area contributed by atoms with Crippen LogP contribution in [0.3, 0.4) is 0 Å². The summed E-state index contributed by atoms with van der Waals surface area (Å²) in [5, 5.41) is 0. The summed E-state index contributed by atoms with van der Waals surface area (Å²) in [6.07, 6.45) is 5.67. The standard InChI is InChI=1S/C15H16N2O3S/c1-11(18)12-4-6-13(7-5-12)14-3-2-8-17-9-10-21(19,20)16-15(14)17/h2-8,19-20H,9-10H2,1H3. The number of carbonyl (C=O) groups excluding carboxylic acids is 1. The lowest BCUT2D eigenvalue weighted by molar-refractivity contribution is 0.101. The Morgan fingerprint density at radius 1 is 1.29 bits per heavy atom. The van der Waals surface area contributed by atoms with Crippen LogP contribution in [-0.2, 0) is 0 Å². The van der Waals surface area contributed by atoms with Crippen LogP contribution in [0, 0.1) is 0 Å². The molecule has 2 heterocycles. The van der Waals surface area contributed by atoms with Crippen molar-refractivity contribution in [3.8, 4) is 0 Å². The van der Waals surface area contributed by atoms with E-state index < -0.39 is 10.8 Å². The van der Waals surface area contributed by atoms with E-state index in [4.69, 9.17) is 0 Å². The van der Waals surface area contributed by atoms with Crippen molar-refractivity contribution in [2.75, 3.05) is 12.3 Å². The number of Topliss-reactive ketones (excluding diaryl/α,β-unsaturated/α-hetero) is 1. The van der Waals surface area contributed by atoms with Gasteiger partial charge in [-0.1, -0.05) is 35.0 Å². The van der Waals surface area contributed by atoms with Gasteiger partial charge in [0, 0.05) is 23.9 Å². The minimum Gasteiger partial charge on any atom is -0.330 e. The summed E-state index contributed by atoms with van der Waals surface area (Å²) in [6.45, 7) is 2.06. The lowest BCUT2D eigenvalue weighted by Gasteiger charge is -2.38. The van der Waals surface area contributed by atoms with E-state index in [9.17, 15) is 13.9 Å². The van der Waals surface area contributed by atoms with Gasteiger partial charge in [0.15, 0.2) is 11.6 Å². The van der Waals surface area contributed by atoms with Crippen molar-refractivity contribution >= 4 is 28.0 Å². The monoisotopic (exact) mass is 304 g/mol. The maximum atomic E-state index is 11.3. The second-order valence-electron chi connectivity index (χ2n) is 5.00. The van der Waals surface area contributed by atoms with E-state index in [1.165, 1.54) is 6.92 Å². The second-order valence-corrected chi connectivity index (χ2v) is 6.86. The molecule has 21 heavy (non-hydrogen) atoms. The fraction of sp³-hybridized carbons (Fsp3) is 0.200. The smallest absolute Gasteiger partial charge is 0.160 e. The second kappa shape index (κ2) is 5.14. The Hall–Kier alpha value is -1.89. The van der Waals surface area contributed by atoms with Crippen molar-refractivity contribution in [2.45, 2.75) is 6.92 Å². The van der Waals surface area contributed by atoms with Crippen LogP contribution in [0.25, 0.3) is 5.57 Å². The highest BCUT2D eigenvalue weighted by atomic mass is 32.3. The van der Waals surface area contributed by atoms with E-state index in [0.717, 1.165) is 11.1 Å². The third kappa shape index (κ3) is 2.78. The number of allylic oxidation sites excluding steroid dienone is 2. The van der Waals surface area contributed by atoms with Crippen molar-refractivity contribution in [1.29, 1.82) is 0 Å². The van der Waals surface area contributed by atoms with Crippen molar-refractivity contribution < 1.29 is 13.9 Å². The molecule has 2 N–H and O–H groups in total. The molecule has 0 spiro atoms. The number of nitrogens with zero attached hydrogens (tertiary/aromatic N) is 2. The van der Waals surface area contributed by atoms with Crippen molar-refractivity contribution in [1.82, 2.24) is 4.90 Å². The maximum Gasteiger partial charge on any atom is 0.160 e. The molecule has 0 bridgehead atoms. The molecular formula is C15H16N2O3S. The maximum absolute atomic E-state index is 11.3. The molecule has 0 unspecified atom stereocenters. The molecular weight excluding hydrogens is 288 g/mol. The SMILES string of the molecule is CC(=O)c1ccc(C2=CC=CN3CCS(O)(O)N=C23)cc1. The van der Waals surface area contributed by atoms with Crippen molar-refractivity contribution in [2.24, 2.45) is 4.40 Å². The first-order valence-corrected chi connectivity index (χ1v) is 8.26. The number of hydrogen-bond acceptors (Lipinski definition) is 5. The third-order valence-electron chi connectivity index (χ3n) is 3.48. The first-order chi connectivity index (χ1) is 9.96. The van der Waals surface area contributed by atoms with E-state index in [1.807, 2.05) is 35.4 Å². The van der Waals surface area contributed by atoms with Gasteiger partial charge in [-0.25, -0.2) is 0 Å². The van der Waals surface area contributed by atoms with Gasteiger partial charge < -0.3 is 4.90 Å². The van der Waals surface area contributed by atoms with E-state index >= 15 is 0 Å². The molecule has 0 amide bonds. The summed E-state index contributed by atoms with van der Waals surface area (Å²) in [5.74, 6) is 0.835. The van der Waals surface area contributed by atoms with Crippen LogP contribution in [0.5, 0.6) is 0 Å². The van der Waals surface area contributed by atoms with Crippen LogP contribution in [0.15, 0.2) is 47.0 Å². The van der Waals surface area contributed by atoms with Gasteiger partial charge in [-0.05, 0) is 24.6 Å². The molecule has 0 aromatic heterocycles. The van der Waals surface area contributed by atoms with Gasteiger partial charge in [0.2, 0.25) is 0 Å². The zero-order chi connectivity index (χ0) is 15.0. The number of hydrogen-bond donors (Lipinski definition) is 2. The van der Waals surface area contributed by atoms with Crippen LogP contribution in [0.2, 0.25) is 0 Å². The Morgan fingerprint density at radius 2 is 2.00 bits per heavy atom. The molecule has 3 rings (SSSR count). The predicted molar refractivity (Wildman–Crippen MR) is 85.4 cm³/mol. The largest absolute Gasteiger partial charge is 0.330 e. The minimum atomic E-state index is -2.90. The van der Waals surface area contributed by atoms with Crippen LogP contribution >= 0.6 is 10.8 Å². The van der Waals surface area contributed by atoms with Crippen LogP contribution in [0.1, 0.15) is 22.8 Å². The number of rotatable bonds is 2. The van der Waals surface area contributed by atoms with Crippen LogP contribution in [0.4, 0.5) is 0 Å². The summed E-state index contributed by atoms with van der Waals surface area (Å²) in [6, 6.07) is 7.23. The Bertz CT molecular complexity index is 675. The average molecular weight is 304 g/mol. The summed E-state index contributed by atoms with van der Waals surface area (Å²) < 4.78 is 23.7. The molecule has 0 atom stereocenters. The Morgan fingerprint density at radius 3 is 2.67 bits per heavy atom. The van der Waals surface area contributed by atoms with Gasteiger partial charge in [0.05, 0.1) is 5.75 Å². The molecule has 0 saturated carbocycles. The molecule has 1 aromatic carbocycles. The quantitative estimate of drug-likeness (QED) is 0.823. The first kappa shape index (κ1) is 14.1. The Kier molecular flexibility index (Phi) is 3.44. The number of amidine groups is 1. The van der Waals surface area contributed by atoms with E-state index in [-0.39, 0.29) is 11.5 Å². The lowest BCUT2D eigenvalue weighted by Crippen LogP contribution is -2.36. The molecule has 0 fully saturated rings. The number of fused-ring (bicyclic) bond motifs is 1. The van der Waals surface area contributed by atoms with Gasteiger partial charge in [-0.15, -0.1) is 4.40 Å². The summed E-state index contributed by atoms with van der Waals surface area (Å²) in [7, 11) is -2.90. The van der Waals surface area contributed by atoms with Gasteiger partial charge in [0.1, 0.15) is 0 Å². The highest BCUT2D eigenvalue weighted by Crippen LogP contribution is 2.44. The predicted octanol–water partition coefficient (Wildman–Crippen LogP) is 3.18.